The molecule has 0 radical (unpaired) electrons. The van der Waals surface area contributed by atoms with Gasteiger partial charge in [-0.25, -0.2) is 0 Å². The van der Waals surface area contributed by atoms with Crippen LogP contribution in [0.15, 0.2) is 24.8 Å². The van der Waals surface area contributed by atoms with E-state index < -0.39 is 0 Å². The molecule has 0 spiro atoms. The van der Waals surface area contributed by atoms with Crippen molar-refractivity contribution in [2.45, 2.75) is 25.7 Å². The first-order valence-corrected chi connectivity index (χ1v) is 5.30. The second-order valence-corrected chi connectivity index (χ2v) is 3.92. The number of aryl methyl sites for hydroxylation is 2. The lowest BCUT2D eigenvalue weighted by Crippen LogP contribution is -2.06. The summed E-state index contributed by atoms with van der Waals surface area (Å²) in [6, 6.07) is 6.71. The molecule has 1 aliphatic rings. The van der Waals surface area contributed by atoms with E-state index in [4.69, 9.17) is 0 Å². The van der Waals surface area contributed by atoms with Gasteiger partial charge in [0.1, 0.15) is 0 Å². The van der Waals surface area contributed by atoms with Crippen LogP contribution >= 0.6 is 0 Å². The van der Waals surface area contributed by atoms with E-state index in [0.717, 1.165) is 5.70 Å². The van der Waals surface area contributed by atoms with Crippen LogP contribution < -0.4 is 5.32 Å². The van der Waals surface area contributed by atoms with Crippen molar-refractivity contribution in [1.29, 1.82) is 0 Å². The maximum absolute atomic E-state index is 3.98. The van der Waals surface area contributed by atoms with Gasteiger partial charge in [-0.05, 0) is 48.4 Å². The lowest BCUT2D eigenvalue weighted by molar-refractivity contribution is 0.685. The third kappa shape index (κ3) is 1.67. The predicted molar refractivity (Wildman–Crippen MR) is 61.2 cm³/mol. The highest BCUT2D eigenvalue weighted by Gasteiger charge is 2.09. The van der Waals surface area contributed by atoms with Crippen LogP contribution in [0.1, 0.15) is 29.5 Å². The number of hydrogen-bond donors (Lipinski definition) is 1. The van der Waals surface area contributed by atoms with Crippen LogP contribution in [-0.2, 0) is 12.8 Å². The summed E-state index contributed by atoms with van der Waals surface area (Å²) in [5.41, 5.74) is 5.29. The van der Waals surface area contributed by atoms with Gasteiger partial charge in [-0.2, -0.15) is 0 Å². The molecule has 74 valence electrons. The molecule has 1 nitrogen and oxygen atoms in total. The van der Waals surface area contributed by atoms with Crippen molar-refractivity contribution in [3.05, 3.63) is 41.5 Å². The molecule has 1 aromatic rings. The highest BCUT2D eigenvalue weighted by atomic mass is 14.8. The Balaban J connectivity index is 2.33. The van der Waals surface area contributed by atoms with Crippen LogP contribution in [0.3, 0.4) is 0 Å². The van der Waals surface area contributed by atoms with E-state index in [9.17, 15) is 0 Å². The SMILES string of the molecule is C=C(NC)c1ccc2c(c1)CCCC2. The van der Waals surface area contributed by atoms with E-state index in [-0.39, 0.29) is 0 Å². The average Bonchev–Trinajstić information content (AvgIpc) is 2.27. The Bertz CT molecular complexity index is 352. The summed E-state index contributed by atoms with van der Waals surface area (Å²) in [6.07, 6.45) is 5.17. The van der Waals surface area contributed by atoms with Gasteiger partial charge in [-0.3, -0.25) is 0 Å². The number of benzene rings is 1. The zero-order valence-electron chi connectivity index (χ0n) is 8.77. The highest BCUT2D eigenvalue weighted by Crippen LogP contribution is 2.23. The molecule has 2 rings (SSSR count). The maximum Gasteiger partial charge on any atom is 0.0338 e. The number of hydrogen-bond acceptors (Lipinski definition) is 1. The fraction of sp³-hybridized carbons (Fsp3) is 0.385. The highest BCUT2D eigenvalue weighted by molar-refractivity contribution is 5.62. The molecular weight excluding hydrogens is 170 g/mol. The van der Waals surface area contributed by atoms with Crippen molar-refractivity contribution in [1.82, 2.24) is 5.32 Å². The second-order valence-electron chi connectivity index (χ2n) is 3.92. The Morgan fingerprint density at radius 1 is 1.21 bits per heavy atom. The Morgan fingerprint density at radius 2 is 1.93 bits per heavy atom. The van der Waals surface area contributed by atoms with Crippen molar-refractivity contribution in [3.63, 3.8) is 0 Å². The average molecular weight is 187 g/mol. The number of fused-ring (bicyclic) bond motifs is 1. The third-order valence-corrected chi connectivity index (χ3v) is 3.00. The van der Waals surface area contributed by atoms with E-state index in [1.807, 2.05) is 7.05 Å². The Hall–Kier alpha value is -1.24. The first-order chi connectivity index (χ1) is 6.81. The van der Waals surface area contributed by atoms with Gasteiger partial charge in [0, 0.05) is 12.7 Å². The minimum atomic E-state index is 1.01. The molecule has 0 fully saturated rings. The predicted octanol–water partition coefficient (Wildman–Crippen LogP) is 2.76. The van der Waals surface area contributed by atoms with Gasteiger partial charge in [-0.1, -0.05) is 18.7 Å². The Morgan fingerprint density at radius 3 is 2.64 bits per heavy atom. The summed E-state index contributed by atoms with van der Waals surface area (Å²) in [7, 11) is 1.92. The third-order valence-electron chi connectivity index (χ3n) is 3.00. The first-order valence-electron chi connectivity index (χ1n) is 5.30. The van der Waals surface area contributed by atoms with E-state index in [1.54, 1.807) is 0 Å². The monoisotopic (exact) mass is 187 g/mol. The van der Waals surface area contributed by atoms with Gasteiger partial charge in [0.2, 0.25) is 0 Å². The number of nitrogens with one attached hydrogen (secondary N) is 1. The summed E-state index contributed by atoms with van der Waals surface area (Å²) in [6.45, 7) is 3.98. The minimum absolute atomic E-state index is 1.01. The molecule has 1 N–H and O–H groups in total. The molecule has 0 unspecified atom stereocenters. The van der Waals surface area contributed by atoms with Crippen molar-refractivity contribution in [2.75, 3.05) is 7.05 Å². The molecule has 0 aromatic heterocycles. The summed E-state index contributed by atoms with van der Waals surface area (Å²) in [5, 5.41) is 3.09. The van der Waals surface area contributed by atoms with Gasteiger partial charge in [0.15, 0.2) is 0 Å². The molecule has 14 heavy (non-hydrogen) atoms. The first kappa shape index (κ1) is 9.32. The number of rotatable bonds is 2. The summed E-state index contributed by atoms with van der Waals surface area (Å²) < 4.78 is 0. The van der Waals surface area contributed by atoms with Gasteiger partial charge < -0.3 is 5.32 Å². The quantitative estimate of drug-likeness (QED) is 0.750. The van der Waals surface area contributed by atoms with Gasteiger partial charge in [0.05, 0.1) is 0 Å². The van der Waals surface area contributed by atoms with Crippen molar-refractivity contribution < 1.29 is 0 Å². The molecule has 1 aliphatic carbocycles. The van der Waals surface area contributed by atoms with E-state index in [1.165, 1.54) is 42.4 Å². The smallest absolute Gasteiger partial charge is 0.0338 e. The van der Waals surface area contributed by atoms with Crippen LogP contribution in [0, 0.1) is 0 Å². The molecule has 0 saturated carbocycles. The molecule has 1 aromatic carbocycles. The summed E-state index contributed by atoms with van der Waals surface area (Å²) >= 11 is 0. The minimum Gasteiger partial charge on any atom is -0.388 e. The fourth-order valence-electron chi connectivity index (χ4n) is 2.07. The maximum atomic E-state index is 3.98. The standard InChI is InChI=1S/C13H17N/c1-10(14-2)12-8-7-11-5-3-4-6-13(11)9-12/h7-9,14H,1,3-6H2,2H3. The molecule has 1 heteroatoms. The van der Waals surface area contributed by atoms with Crippen LogP contribution in [0.25, 0.3) is 5.70 Å². The largest absolute Gasteiger partial charge is 0.388 e. The molecular formula is C13H17N. The zero-order valence-corrected chi connectivity index (χ0v) is 8.77. The molecule has 0 bridgehead atoms. The van der Waals surface area contributed by atoms with Crippen LogP contribution in [0.2, 0.25) is 0 Å². The summed E-state index contributed by atoms with van der Waals surface area (Å²) in [5.74, 6) is 0. The van der Waals surface area contributed by atoms with Gasteiger partial charge in [0.25, 0.3) is 0 Å². The van der Waals surface area contributed by atoms with Crippen molar-refractivity contribution in [3.8, 4) is 0 Å². The molecule has 0 aliphatic heterocycles. The second kappa shape index (κ2) is 3.87. The van der Waals surface area contributed by atoms with Crippen LogP contribution in [-0.4, -0.2) is 7.05 Å². The van der Waals surface area contributed by atoms with Crippen LogP contribution in [0.5, 0.6) is 0 Å². The van der Waals surface area contributed by atoms with E-state index >= 15 is 0 Å². The lowest BCUT2D eigenvalue weighted by atomic mass is 9.90. The normalized spacial score (nSPS) is 14.6. The zero-order chi connectivity index (χ0) is 9.97. The summed E-state index contributed by atoms with van der Waals surface area (Å²) in [4.78, 5) is 0. The van der Waals surface area contributed by atoms with Gasteiger partial charge in [-0.15, -0.1) is 0 Å². The fourth-order valence-corrected chi connectivity index (χ4v) is 2.07. The van der Waals surface area contributed by atoms with Gasteiger partial charge >= 0.3 is 0 Å². The topological polar surface area (TPSA) is 12.0 Å². The molecule has 0 heterocycles. The van der Waals surface area contributed by atoms with E-state index in [2.05, 4.69) is 30.1 Å². The van der Waals surface area contributed by atoms with E-state index in [0.29, 0.717) is 0 Å². The molecule has 0 saturated heterocycles. The molecule has 0 amide bonds. The van der Waals surface area contributed by atoms with Crippen LogP contribution in [0.4, 0.5) is 0 Å². The van der Waals surface area contributed by atoms with Crippen molar-refractivity contribution in [2.24, 2.45) is 0 Å². The lowest BCUT2D eigenvalue weighted by Gasteiger charge is -2.17. The Labute approximate surface area is 85.8 Å². The molecule has 0 atom stereocenters. The van der Waals surface area contributed by atoms with Crippen molar-refractivity contribution >= 4 is 5.70 Å². The Kier molecular flexibility index (Phi) is 2.58.